The van der Waals surface area contributed by atoms with E-state index in [9.17, 15) is 27.5 Å². The molecule has 2 rings (SSSR count). The zero-order valence-electron chi connectivity index (χ0n) is 10.7. The molecule has 0 fully saturated rings. The van der Waals surface area contributed by atoms with Crippen molar-refractivity contribution in [1.29, 1.82) is 0 Å². The fourth-order valence-corrected chi connectivity index (χ4v) is 3.66. The molecule has 2 N–H and O–H groups in total. The van der Waals surface area contributed by atoms with Gasteiger partial charge in [-0.2, -0.15) is 13.2 Å². The summed E-state index contributed by atoms with van der Waals surface area (Å²) >= 11 is 0. The quantitative estimate of drug-likeness (QED) is 0.850. The minimum atomic E-state index is -5.60. The van der Waals surface area contributed by atoms with E-state index in [1.165, 1.54) is 36.4 Å². The van der Waals surface area contributed by atoms with Gasteiger partial charge in [0.15, 0.2) is 0 Å². The van der Waals surface area contributed by atoms with E-state index < -0.39 is 30.1 Å². The van der Waals surface area contributed by atoms with Crippen LogP contribution in [0.5, 0.6) is 0 Å². The Bertz CT molecular complexity index is 611. The molecule has 0 bridgehead atoms. The van der Waals surface area contributed by atoms with E-state index in [2.05, 4.69) is 0 Å². The fourth-order valence-electron chi connectivity index (χ4n) is 2.35. The Hall–Kier alpha value is -1.62. The molecule has 7 heteroatoms. The van der Waals surface area contributed by atoms with E-state index in [0.717, 1.165) is 24.3 Å². The van der Waals surface area contributed by atoms with Crippen LogP contribution in [0.1, 0.15) is 11.1 Å². The highest BCUT2D eigenvalue weighted by molar-refractivity contribution is 7.53. The van der Waals surface area contributed by atoms with Crippen molar-refractivity contribution in [2.45, 2.75) is 11.3 Å². The lowest BCUT2D eigenvalue weighted by atomic mass is 9.89. The van der Waals surface area contributed by atoms with E-state index >= 15 is 0 Å². The highest BCUT2D eigenvalue weighted by Gasteiger charge is 2.67. The zero-order valence-corrected chi connectivity index (χ0v) is 11.6. The summed E-state index contributed by atoms with van der Waals surface area (Å²) in [6.45, 7) is 0. The van der Waals surface area contributed by atoms with E-state index in [0.29, 0.717) is 0 Å². The molecule has 0 radical (unpaired) electrons. The van der Waals surface area contributed by atoms with Crippen LogP contribution in [0.2, 0.25) is 0 Å². The maximum absolute atomic E-state index is 13.8. The molecule has 2 aromatic carbocycles. The van der Waals surface area contributed by atoms with Gasteiger partial charge in [-0.15, -0.1) is 0 Å². The second-order valence-corrected chi connectivity index (χ2v) is 6.24. The van der Waals surface area contributed by atoms with Gasteiger partial charge in [0.2, 0.25) is 5.16 Å². The third-order valence-electron chi connectivity index (χ3n) is 3.23. The van der Waals surface area contributed by atoms with Crippen LogP contribution >= 0.6 is 7.60 Å². The van der Waals surface area contributed by atoms with Crippen LogP contribution in [0.3, 0.4) is 0 Å². The van der Waals surface area contributed by atoms with E-state index in [1.54, 1.807) is 0 Å². The summed E-state index contributed by atoms with van der Waals surface area (Å²) in [5.41, 5.74) is -0.978. The molecule has 0 unspecified atom stereocenters. The first kappa shape index (κ1) is 15.8. The van der Waals surface area contributed by atoms with Gasteiger partial charge >= 0.3 is 13.8 Å². The molecule has 0 spiro atoms. The SMILES string of the molecule is O=P(O)(O)C(c1ccccc1)(c1ccccc1)C(F)(F)F. The van der Waals surface area contributed by atoms with Crippen molar-refractivity contribution in [1.82, 2.24) is 0 Å². The molecule has 112 valence electrons. The van der Waals surface area contributed by atoms with Crippen molar-refractivity contribution in [3.05, 3.63) is 71.8 Å². The number of rotatable bonds is 3. The Morgan fingerprint density at radius 3 is 1.33 bits per heavy atom. The molecule has 0 aliphatic rings. The minimum absolute atomic E-state index is 0.489. The van der Waals surface area contributed by atoms with Gasteiger partial charge in [0.25, 0.3) is 0 Å². The van der Waals surface area contributed by atoms with Crippen molar-refractivity contribution in [3.8, 4) is 0 Å². The van der Waals surface area contributed by atoms with Gasteiger partial charge < -0.3 is 9.79 Å². The summed E-state index contributed by atoms with van der Waals surface area (Å²) in [4.78, 5) is 19.1. The Morgan fingerprint density at radius 1 is 0.762 bits per heavy atom. The molecular weight excluding hydrogens is 304 g/mol. The number of hydrogen-bond acceptors (Lipinski definition) is 1. The van der Waals surface area contributed by atoms with Crippen molar-refractivity contribution in [2.75, 3.05) is 0 Å². The molecule has 0 atom stereocenters. The predicted octanol–water partition coefficient (Wildman–Crippen LogP) is 3.67. The Balaban J connectivity index is 2.90. The lowest BCUT2D eigenvalue weighted by molar-refractivity contribution is -0.158. The highest BCUT2D eigenvalue weighted by atomic mass is 31.2. The third-order valence-corrected chi connectivity index (χ3v) is 4.87. The lowest BCUT2D eigenvalue weighted by Gasteiger charge is -2.36. The van der Waals surface area contributed by atoms with Crippen LogP contribution in [-0.4, -0.2) is 16.0 Å². The second-order valence-electron chi connectivity index (χ2n) is 4.48. The summed E-state index contributed by atoms with van der Waals surface area (Å²) in [7, 11) is -5.60. The standard InChI is InChI=1S/C14H12F3O3P/c15-14(16,17)13(21(18,19)20,11-7-3-1-4-8-11)12-9-5-2-6-10-12/h1-10H,(H2,18,19,20). The van der Waals surface area contributed by atoms with Crippen LogP contribution in [0.4, 0.5) is 13.2 Å². The molecule has 0 saturated heterocycles. The Labute approximate surface area is 119 Å². The Morgan fingerprint density at radius 2 is 1.10 bits per heavy atom. The van der Waals surface area contributed by atoms with Gasteiger partial charge in [0, 0.05) is 0 Å². The number of halogens is 3. The number of hydrogen-bond donors (Lipinski definition) is 2. The van der Waals surface area contributed by atoms with Crippen molar-refractivity contribution in [2.24, 2.45) is 0 Å². The van der Waals surface area contributed by atoms with Crippen LogP contribution in [0.15, 0.2) is 60.7 Å². The van der Waals surface area contributed by atoms with Gasteiger partial charge in [0.1, 0.15) is 0 Å². The maximum Gasteiger partial charge on any atom is 0.413 e. The smallest absolute Gasteiger partial charge is 0.323 e. The van der Waals surface area contributed by atoms with Gasteiger partial charge in [-0.25, -0.2) is 0 Å². The highest BCUT2D eigenvalue weighted by Crippen LogP contribution is 2.67. The Kier molecular flexibility index (Phi) is 3.97. The zero-order chi connectivity index (χ0) is 15.7. The van der Waals surface area contributed by atoms with Gasteiger partial charge in [0.05, 0.1) is 0 Å². The third kappa shape index (κ3) is 2.50. The van der Waals surface area contributed by atoms with Crippen LogP contribution in [0.25, 0.3) is 0 Å². The molecule has 0 amide bonds. The van der Waals surface area contributed by atoms with Crippen LogP contribution in [-0.2, 0) is 9.72 Å². The number of benzene rings is 2. The van der Waals surface area contributed by atoms with E-state index in [4.69, 9.17) is 0 Å². The van der Waals surface area contributed by atoms with Gasteiger partial charge in [-0.1, -0.05) is 60.7 Å². The molecule has 0 aliphatic carbocycles. The second kappa shape index (κ2) is 5.30. The van der Waals surface area contributed by atoms with E-state index in [1.807, 2.05) is 0 Å². The van der Waals surface area contributed by atoms with Crippen molar-refractivity contribution < 1.29 is 27.5 Å². The maximum atomic E-state index is 13.8. The average Bonchev–Trinajstić information content (AvgIpc) is 2.38. The first-order valence-electron chi connectivity index (χ1n) is 5.94. The van der Waals surface area contributed by atoms with Crippen LogP contribution in [0, 0.1) is 0 Å². The summed E-state index contributed by atoms with van der Waals surface area (Å²) in [6.07, 6.45) is -5.16. The summed E-state index contributed by atoms with van der Waals surface area (Å²) in [5.74, 6) is 0. The average molecular weight is 316 g/mol. The van der Waals surface area contributed by atoms with E-state index in [-0.39, 0.29) is 0 Å². The molecule has 0 heterocycles. The molecule has 0 aromatic heterocycles. The molecule has 0 aliphatic heterocycles. The summed E-state index contributed by atoms with van der Waals surface area (Å²) in [5, 5.41) is -3.37. The first-order chi connectivity index (χ1) is 9.71. The van der Waals surface area contributed by atoms with Gasteiger partial charge in [-0.3, -0.25) is 4.57 Å². The van der Waals surface area contributed by atoms with Crippen LogP contribution < -0.4 is 0 Å². The van der Waals surface area contributed by atoms with Gasteiger partial charge in [-0.05, 0) is 11.1 Å². The predicted molar refractivity (Wildman–Crippen MR) is 71.8 cm³/mol. The van der Waals surface area contributed by atoms with Crippen molar-refractivity contribution >= 4 is 7.60 Å². The monoisotopic (exact) mass is 316 g/mol. The lowest BCUT2D eigenvalue weighted by Crippen LogP contribution is -2.43. The first-order valence-corrected chi connectivity index (χ1v) is 7.56. The fraction of sp³-hybridized carbons (Fsp3) is 0.143. The summed E-state index contributed by atoms with van der Waals surface area (Å²) in [6, 6.07) is 12.5. The molecular formula is C14H12F3O3P. The number of alkyl halides is 3. The molecule has 21 heavy (non-hydrogen) atoms. The largest absolute Gasteiger partial charge is 0.413 e. The topological polar surface area (TPSA) is 57.5 Å². The molecule has 3 nitrogen and oxygen atoms in total. The summed E-state index contributed by atoms with van der Waals surface area (Å²) < 4.78 is 53.1. The minimum Gasteiger partial charge on any atom is -0.323 e. The van der Waals surface area contributed by atoms with Crippen molar-refractivity contribution in [3.63, 3.8) is 0 Å². The normalized spacial score (nSPS) is 13.2. The molecule has 0 saturated carbocycles. The molecule has 2 aromatic rings.